The van der Waals surface area contributed by atoms with Crippen molar-refractivity contribution in [3.63, 3.8) is 0 Å². The van der Waals surface area contributed by atoms with Gasteiger partial charge in [0.1, 0.15) is 12.9 Å². The first-order valence-electron chi connectivity index (χ1n) is 11.1. The first-order chi connectivity index (χ1) is 15.6. The molecule has 33 heavy (non-hydrogen) atoms. The van der Waals surface area contributed by atoms with E-state index >= 15 is 0 Å². The molecule has 2 aromatic rings. The molecule has 4 rings (SSSR count). The molecule has 0 bridgehead atoms. The lowest BCUT2D eigenvalue weighted by Gasteiger charge is -2.40. The SMILES string of the molecule is CC1(C)CC[C@H]2[C@H](O[C@H]([C@H](COC(=O)c3ccccc3)c3ccc(Cl)c(Cl)c3)[C@@]2(C)C=O)O1. The molecule has 0 saturated carbocycles. The van der Waals surface area contributed by atoms with E-state index in [2.05, 4.69) is 0 Å². The Bertz CT molecular complexity index is 1020. The number of hydrogen-bond donors (Lipinski definition) is 0. The molecule has 0 unspecified atom stereocenters. The minimum atomic E-state index is -0.822. The molecule has 2 heterocycles. The van der Waals surface area contributed by atoms with Crippen molar-refractivity contribution in [1.29, 1.82) is 0 Å². The fourth-order valence-electron chi connectivity index (χ4n) is 4.93. The van der Waals surface area contributed by atoms with Gasteiger partial charge in [0.15, 0.2) is 6.29 Å². The number of aldehydes is 1. The summed E-state index contributed by atoms with van der Waals surface area (Å²) in [6.07, 6.45) is 1.52. The molecule has 2 saturated heterocycles. The number of carbonyl (C=O) groups excluding carboxylic acids is 2. The van der Waals surface area contributed by atoms with Crippen molar-refractivity contribution in [3.05, 3.63) is 69.7 Å². The molecule has 0 aliphatic carbocycles. The highest BCUT2D eigenvalue weighted by atomic mass is 35.5. The molecule has 176 valence electrons. The second kappa shape index (κ2) is 9.38. The third kappa shape index (κ3) is 4.83. The molecule has 5 atom stereocenters. The second-order valence-electron chi connectivity index (χ2n) is 9.68. The number of ether oxygens (including phenoxy) is 3. The minimum absolute atomic E-state index is 0.0165. The van der Waals surface area contributed by atoms with Crippen LogP contribution >= 0.6 is 23.2 Å². The molecule has 0 radical (unpaired) electrons. The smallest absolute Gasteiger partial charge is 0.338 e. The largest absolute Gasteiger partial charge is 0.461 e. The highest BCUT2D eigenvalue weighted by Crippen LogP contribution is 2.53. The quantitative estimate of drug-likeness (QED) is 0.363. The van der Waals surface area contributed by atoms with E-state index in [1.54, 1.807) is 36.4 Å². The first kappa shape index (κ1) is 24.2. The summed E-state index contributed by atoms with van der Waals surface area (Å²) in [6, 6.07) is 14.1. The van der Waals surface area contributed by atoms with Crippen LogP contribution in [0.25, 0.3) is 0 Å². The summed E-state index contributed by atoms with van der Waals surface area (Å²) in [5.74, 6) is -0.982. The van der Waals surface area contributed by atoms with Crippen molar-refractivity contribution in [2.75, 3.05) is 6.61 Å². The Morgan fingerprint density at radius 2 is 1.88 bits per heavy atom. The molecule has 0 N–H and O–H groups in total. The second-order valence-corrected chi connectivity index (χ2v) is 10.5. The third-order valence-corrected chi connectivity index (χ3v) is 7.65. The molecule has 0 aromatic heterocycles. The van der Waals surface area contributed by atoms with Gasteiger partial charge in [0.25, 0.3) is 0 Å². The number of hydrogen-bond acceptors (Lipinski definition) is 5. The average molecular weight is 491 g/mol. The zero-order valence-electron chi connectivity index (χ0n) is 18.9. The van der Waals surface area contributed by atoms with Crippen molar-refractivity contribution >= 4 is 35.5 Å². The maximum absolute atomic E-state index is 12.7. The zero-order chi connectivity index (χ0) is 23.8. The molecule has 5 nitrogen and oxygen atoms in total. The standard InChI is InChI=1S/C26H28Cl2O5/c1-25(2)12-11-19-24(33-25)32-22(26(19,3)15-29)18(17-9-10-20(27)21(28)13-17)14-31-23(30)16-7-5-4-6-8-16/h4-10,13,15,18-19,22,24H,11-12,14H2,1-3H3/t18-,19+,22-,24-,26+/m1/s1. The van der Waals surface area contributed by atoms with Crippen molar-refractivity contribution in [1.82, 2.24) is 0 Å². The van der Waals surface area contributed by atoms with Gasteiger partial charge < -0.3 is 19.0 Å². The lowest BCUT2D eigenvalue weighted by molar-refractivity contribution is -0.231. The normalized spacial score (nSPS) is 29.2. The van der Waals surface area contributed by atoms with Gasteiger partial charge in [0.2, 0.25) is 0 Å². The number of carbonyl (C=O) groups is 2. The van der Waals surface area contributed by atoms with E-state index < -0.39 is 29.7 Å². The Hall–Kier alpha value is -1.92. The zero-order valence-corrected chi connectivity index (χ0v) is 20.4. The van der Waals surface area contributed by atoms with Gasteiger partial charge in [-0.3, -0.25) is 0 Å². The number of fused-ring (bicyclic) bond motifs is 1. The van der Waals surface area contributed by atoms with Gasteiger partial charge in [-0.15, -0.1) is 0 Å². The van der Waals surface area contributed by atoms with Crippen LogP contribution in [0.2, 0.25) is 10.0 Å². The fourth-order valence-corrected chi connectivity index (χ4v) is 5.24. The van der Waals surface area contributed by atoms with Crippen molar-refractivity contribution in [2.24, 2.45) is 11.3 Å². The van der Waals surface area contributed by atoms with Crippen LogP contribution in [0, 0.1) is 11.3 Å². The highest BCUT2D eigenvalue weighted by molar-refractivity contribution is 6.42. The van der Waals surface area contributed by atoms with Gasteiger partial charge in [-0.05, 0) is 63.4 Å². The number of esters is 1. The predicted octanol–water partition coefficient (Wildman–Crippen LogP) is 6.07. The maximum atomic E-state index is 12.7. The van der Waals surface area contributed by atoms with E-state index in [-0.39, 0.29) is 18.1 Å². The van der Waals surface area contributed by atoms with Gasteiger partial charge in [0, 0.05) is 11.8 Å². The topological polar surface area (TPSA) is 61.8 Å². The van der Waals surface area contributed by atoms with E-state index in [4.69, 9.17) is 37.4 Å². The molecule has 2 aromatic carbocycles. The third-order valence-electron chi connectivity index (χ3n) is 6.91. The van der Waals surface area contributed by atoms with Crippen LogP contribution in [-0.2, 0) is 19.0 Å². The molecular weight excluding hydrogens is 463 g/mol. The van der Waals surface area contributed by atoms with Crippen LogP contribution in [0.1, 0.15) is 55.5 Å². The van der Waals surface area contributed by atoms with Crippen LogP contribution in [0.4, 0.5) is 0 Å². The number of benzene rings is 2. The lowest BCUT2D eigenvalue weighted by Crippen LogP contribution is -2.44. The first-order valence-corrected chi connectivity index (χ1v) is 11.9. The van der Waals surface area contributed by atoms with E-state index in [9.17, 15) is 9.59 Å². The van der Waals surface area contributed by atoms with Gasteiger partial charge in [0.05, 0.1) is 32.7 Å². The van der Waals surface area contributed by atoms with E-state index in [1.807, 2.05) is 32.9 Å². The minimum Gasteiger partial charge on any atom is -0.461 e. The van der Waals surface area contributed by atoms with Gasteiger partial charge in [-0.25, -0.2) is 4.79 Å². The monoisotopic (exact) mass is 490 g/mol. The fraction of sp³-hybridized carbons (Fsp3) is 0.462. The highest BCUT2D eigenvalue weighted by Gasteiger charge is 2.59. The van der Waals surface area contributed by atoms with Gasteiger partial charge in [-0.1, -0.05) is 47.5 Å². The van der Waals surface area contributed by atoms with E-state index in [1.165, 1.54) is 0 Å². The van der Waals surface area contributed by atoms with Crippen LogP contribution in [0.5, 0.6) is 0 Å². The average Bonchev–Trinajstić information content (AvgIpc) is 3.07. The lowest BCUT2D eigenvalue weighted by atomic mass is 9.68. The summed E-state index contributed by atoms with van der Waals surface area (Å²) in [7, 11) is 0. The van der Waals surface area contributed by atoms with Gasteiger partial charge >= 0.3 is 5.97 Å². The Morgan fingerprint density at radius 3 is 2.55 bits per heavy atom. The summed E-state index contributed by atoms with van der Waals surface area (Å²) in [6.45, 7) is 5.97. The summed E-state index contributed by atoms with van der Waals surface area (Å²) >= 11 is 12.5. The molecule has 0 amide bonds. The van der Waals surface area contributed by atoms with Crippen molar-refractivity contribution < 1.29 is 23.8 Å². The summed E-state index contributed by atoms with van der Waals surface area (Å²) in [5.41, 5.74) is 0.0753. The number of rotatable bonds is 6. The Kier molecular flexibility index (Phi) is 6.88. The van der Waals surface area contributed by atoms with E-state index in [0.29, 0.717) is 15.6 Å². The van der Waals surface area contributed by atoms with Crippen LogP contribution in [-0.4, -0.2) is 36.9 Å². The molecular formula is C26H28Cl2O5. The van der Waals surface area contributed by atoms with Crippen LogP contribution in [0.15, 0.2) is 48.5 Å². The molecule has 2 aliphatic heterocycles. The Labute approximate surface area is 204 Å². The van der Waals surface area contributed by atoms with Gasteiger partial charge in [-0.2, -0.15) is 0 Å². The molecule has 2 fully saturated rings. The summed E-state index contributed by atoms with van der Waals surface area (Å²) in [4.78, 5) is 25.2. The van der Waals surface area contributed by atoms with Crippen molar-refractivity contribution in [3.8, 4) is 0 Å². The molecule has 0 spiro atoms. The maximum Gasteiger partial charge on any atom is 0.338 e. The Morgan fingerprint density at radius 1 is 1.15 bits per heavy atom. The molecule has 2 aliphatic rings. The summed E-state index contributed by atoms with van der Waals surface area (Å²) in [5, 5.41) is 0.804. The number of halogens is 2. The van der Waals surface area contributed by atoms with Crippen LogP contribution < -0.4 is 0 Å². The van der Waals surface area contributed by atoms with Crippen LogP contribution in [0.3, 0.4) is 0 Å². The predicted molar refractivity (Wildman–Crippen MR) is 127 cm³/mol. The Balaban J connectivity index is 1.66. The summed E-state index contributed by atoms with van der Waals surface area (Å²) < 4.78 is 18.3. The van der Waals surface area contributed by atoms with Crippen molar-refractivity contribution in [2.45, 2.75) is 57.5 Å². The molecule has 7 heteroatoms. The van der Waals surface area contributed by atoms with E-state index in [0.717, 1.165) is 24.7 Å².